The fourth-order valence-electron chi connectivity index (χ4n) is 1.67. The second-order valence-electron chi connectivity index (χ2n) is 4.78. The molecule has 0 aliphatic heterocycles. The number of rotatable bonds is 7. The van der Waals surface area contributed by atoms with Crippen LogP contribution in [0.5, 0.6) is 5.75 Å². The zero-order valence-electron chi connectivity index (χ0n) is 11.5. The Morgan fingerprint density at radius 3 is 2.65 bits per heavy atom. The van der Waals surface area contributed by atoms with Crippen LogP contribution in [0.3, 0.4) is 0 Å². The van der Waals surface area contributed by atoms with Gasteiger partial charge in [-0.05, 0) is 43.0 Å². The van der Waals surface area contributed by atoms with Gasteiger partial charge in [0.25, 0.3) is 0 Å². The van der Waals surface area contributed by atoms with Crippen LogP contribution in [-0.2, 0) is 0 Å². The van der Waals surface area contributed by atoms with Crippen LogP contribution in [0.4, 0.5) is 0 Å². The molecule has 96 valence electrons. The maximum absolute atomic E-state index is 5.81. The van der Waals surface area contributed by atoms with Gasteiger partial charge in [0, 0.05) is 6.54 Å². The lowest BCUT2D eigenvalue weighted by Gasteiger charge is -2.13. The second kappa shape index (κ2) is 7.33. The maximum Gasteiger partial charge on any atom is 0.122 e. The first-order chi connectivity index (χ1) is 8.15. The summed E-state index contributed by atoms with van der Waals surface area (Å²) in [6.45, 7) is 11.4. The molecule has 0 heterocycles. The standard InChI is InChI=1S/C15H25NO/c1-5-8-16-9-10-17-15-11-14(12(2)3)7-6-13(15)4/h6-7,11-12,16H,5,8-10H2,1-4H3. The van der Waals surface area contributed by atoms with Crippen LogP contribution >= 0.6 is 0 Å². The molecule has 0 atom stereocenters. The Bertz CT molecular complexity index is 334. The van der Waals surface area contributed by atoms with Crippen molar-refractivity contribution in [1.82, 2.24) is 5.32 Å². The van der Waals surface area contributed by atoms with Gasteiger partial charge in [0.1, 0.15) is 12.4 Å². The van der Waals surface area contributed by atoms with Crippen molar-refractivity contribution in [1.29, 1.82) is 0 Å². The van der Waals surface area contributed by atoms with Gasteiger partial charge < -0.3 is 10.1 Å². The normalized spacial score (nSPS) is 10.9. The van der Waals surface area contributed by atoms with E-state index in [4.69, 9.17) is 4.74 Å². The van der Waals surface area contributed by atoms with Crippen molar-refractivity contribution in [3.05, 3.63) is 29.3 Å². The molecule has 1 aromatic carbocycles. The summed E-state index contributed by atoms with van der Waals surface area (Å²) in [5.41, 5.74) is 2.55. The van der Waals surface area contributed by atoms with Gasteiger partial charge in [0.05, 0.1) is 0 Å². The molecule has 0 aliphatic rings. The van der Waals surface area contributed by atoms with Gasteiger partial charge in [-0.2, -0.15) is 0 Å². The Labute approximate surface area is 105 Å². The van der Waals surface area contributed by atoms with Gasteiger partial charge in [-0.3, -0.25) is 0 Å². The molecule has 0 unspecified atom stereocenters. The van der Waals surface area contributed by atoms with Crippen LogP contribution in [0.1, 0.15) is 44.2 Å². The Balaban J connectivity index is 2.49. The highest BCUT2D eigenvalue weighted by molar-refractivity contribution is 5.37. The molecule has 0 saturated carbocycles. The molecular weight excluding hydrogens is 210 g/mol. The van der Waals surface area contributed by atoms with Gasteiger partial charge in [-0.25, -0.2) is 0 Å². The molecule has 17 heavy (non-hydrogen) atoms. The zero-order valence-corrected chi connectivity index (χ0v) is 11.5. The van der Waals surface area contributed by atoms with Crippen molar-refractivity contribution in [3.8, 4) is 5.75 Å². The van der Waals surface area contributed by atoms with Crippen molar-refractivity contribution < 1.29 is 4.74 Å². The van der Waals surface area contributed by atoms with Crippen molar-refractivity contribution in [3.63, 3.8) is 0 Å². The fourth-order valence-corrected chi connectivity index (χ4v) is 1.67. The van der Waals surface area contributed by atoms with Crippen molar-refractivity contribution >= 4 is 0 Å². The van der Waals surface area contributed by atoms with E-state index in [2.05, 4.69) is 51.2 Å². The molecule has 1 N–H and O–H groups in total. The van der Waals surface area contributed by atoms with Crippen LogP contribution in [0, 0.1) is 6.92 Å². The summed E-state index contributed by atoms with van der Waals surface area (Å²) in [5.74, 6) is 1.57. The summed E-state index contributed by atoms with van der Waals surface area (Å²) in [6.07, 6.45) is 1.17. The van der Waals surface area contributed by atoms with E-state index < -0.39 is 0 Å². The van der Waals surface area contributed by atoms with Gasteiger partial charge in [-0.1, -0.05) is 32.9 Å². The van der Waals surface area contributed by atoms with E-state index in [1.807, 2.05) is 0 Å². The summed E-state index contributed by atoms with van der Waals surface area (Å²) >= 11 is 0. The highest BCUT2D eigenvalue weighted by Gasteiger charge is 2.04. The van der Waals surface area contributed by atoms with Crippen LogP contribution < -0.4 is 10.1 Å². The van der Waals surface area contributed by atoms with Gasteiger partial charge in [0.15, 0.2) is 0 Å². The lowest BCUT2D eigenvalue weighted by Crippen LogP contribution is -2.21. The summed E-state index contributed by atoms with van der Waals surface area (Å²) in [4.78, 5) is 0. The highest BCUT2D eigenvalue weighted by atomic mass is 16.5. The minimum absolute atomic E-state index is 0.552. The Hall–Kier alpha value is -1.02. The van der Waals surface area contributed by atoms with Crippen LogP contribution in [0.2, 0.25) is 0 Å². The number of ether oxygens (including phenoxy) is 1. The van der Waals surface area contributed by atoms with Gasteiger partial charge in [-0.15, -0.1) is 0 Å². The second-order valence-corrected chi connectivity index (χ2v) is 4.78. The average Bonchev–Trinajstić information content (AvgIpc) is 2.30. The lowest BCUT2D eigenvalue weighted by atomic mass is 10.0. The topological polar surface area (TPSA) is 21.3 Å². The molecule has 2 nitrogen and oxygen atoms in total. The van der Waals surface area contributed by atoms with E-state index in [9.17, 15) is 0 Å². The number of benzene rings is 1. The summed E-state index contributed by atoms with van der Waals surface area (Å²) in [7, 11) is 0. The van der Waals surface area contributed by atoms with Crippen LogP contribution in [0.25, 0.3) is 0 Å². The quantitative estimate of drug-likeness (QED) is 0.730. The predicted molar refractivity (Wildman–Crippen MR) is 73.9 cm³/mol. The van der Waals surface area contributed by atoms with Crippen LogP contribution in [-0.4, -0.2) is 19.7 Å². The molecule has 1 aromatic rings. The first-order valence-electron chi connectivity index (χ1n) is 6.59. The van der Waals surface area contributed by atoms with Crippen molar-refractivity contribution in [2.45, 2.75) is 40.0 Å². The van der Waals surface area contributed by atoms with Crippen molar-refractivity contribution in [2.24, 2.45) is 0 Å². The number of hydrogen-bond donors (Lipinski definition) is 1. The third-order valence-corrected chi connectivity index (χ3v) is 2.84. The third kappa shape index (κ3) is 4.78. The molecule has 0 fully saturated rings. The monoisotopic (exact) mass is 235 g/mol. The number of nitrogens with one attached hydrogen (secondary N) is 1. The fraction of sp³-hybridized carbons (Fsp3) is 0.600. The molecular formula is C15H25NO. The molecule has 0 amide bonds. The van der Waals surface area contributed by atoms with E-state index in [0.717, 1.165) is 25.4 Å². The number of hydrogen-bond acceptors (Lipinski definition) is 2. The molecule has 2 heteroatoms. The minimum atomic E-state index is 0.552. The Morgan fingerprint density at radius 2 is 2.00 bits per heavy atom. The lowest BCUT2D eigenvalue weighted by molar-refractivity contribution is 0.312. The summed E-state index contributed by atoms with van der Waals surface area (Å²) < 4.78 is 5.81. The molecule has 0 saturated heterocycles. The Kier molecular flexibility index (Phi) is 6.06. The van der Waals surface area contributed by atoms with Gasteiger partial charge in [0.2, 0.25) is 0 Å². The number of aryl methyl sites for hydroxylation is 1. The maximum atomic E-state index is 5.81. The summed E-state index contributed by atoms with van der Waals surface area (Å²) in [5, 5.41) is 3.34. The predicted octanol–water partition coefficient (Wildman–Crippen LogP) is 3.50. The first kappa shape index (κ1) is 14.0. The molecule has 0 aromatic heterocycles. The average molecular weight is 235 g/mol. The summed E-state index contributed by atoms with van der Waals surface area (Å²) in [6, 6.07) is 6.49. The van der Waals surface area contributed by atoms with Gasteiger partial charge >= 0.3 is 0 Å². The largest absolute Gasteiger partial charge is 0.492 e. The molecule has 0 aliphatic carbocycles. The first-order valence-corrected chi connectivity index (χ1v) is 6.59. The molecule has 0 bridgehead atoms. The highest BCUT2D eigenvalue weighted by Crippen LogP contribution is 2.24. The minimum Gasteiger partial charge on any atom is -0.492 e. The molecule has 1 rings (SSSR count). The van der Waals surface area contributed by atoms with Crippen LogP contribution in [0.15, 0.2) is 18.2 Å². The SMILES string of the molecule is CCCNCCOc1cc(C(C)C)ccc1C. The molecule has 0 spiro atoms. The van der Waals surface area contributed by atoms with E-state index >= 15 is 0 Å². The Morgan fingerprint density at radius 1 is 1.24 bits per heavy atom. The molecule has 0 radical (unpaired) electrons. The van der Waals surface area contributed by atoms with E-state index in [1.165, 1.54) is 17.5 Å². The smallest absolute Gasteiger partial charge is 0.122 e. The zero-order chi connectivity index (χ0) is 12.7. The van der Waals surface area contributed by atoms with E-state index in [1.54, 1.807) is 0 Å². The van der Waals surface area contributed by atoms with E-state index in [-0.39, 0.29) is 0 Å². The third-order valence-electron chi connectivity index (χ3n) is 2.84. The van der Waals surface area contributed by atoms with Crippen molar-refractivity contribution in [2.75, 3.05) is 19.7 Å². The van der Waals surface area contributed by atoms with E-state index in [0.29, 0.717) is 5.92 Å².